The van der Waals surface area contributed by atoms with Crippen molar-refractivity contribution in [3.05, 3.63) is 28.8 Å². The minimum absolute atomic E-state index is 0.244. The number of anilines is 1. The summed E-state index contributed by atoms with van der Waals surface area (Å²) in [5.74, 6) is 0.244. The molecule has 16 heavy (non-hydrogen) atoms. The summed E-state index contributed by atoms with van der Waals surface area (Å²) in [6.07, 6.45) is 0.614. The highest BCUT2D eigenvalue weighted by atomic mass is 16.1. The average Bonchev–Trinajstić information content (AvgIpc) is 2.23. The van der Waals surface area contributed by atoms with Gasteiger partial charge in [-0.15, -0.1) is 0 Å². The van der Waals surface area contributed by atoms with Crippen LogP contribution in [-0.2, 0) is 4.79 Å². The van der Waals surface area contributed by atoms with Crippen LogP contribution in [0.4, 0.5) is 5.69 Å². The second kappa shape index (κ2) is 5.15. The number of benzene rings is 1. The Morgan fingerprint density at radius 1 is 1.19 bits per heavy atom. The van der Waals surface area contributed by atoms with Crippen LogP contribution in [0.2, 0.25) is 0 Å². The van der Waals surface area contributed by atoms with Gasteiger partial charge in [0.15, 0.2) is 0 Å². The molecule has 0 aliphatic heterocycles. The molecular formula is C14H21NO. The molecule has 0 aromatic heterocycles. The van der Waals surface area contributed by atoms with Crippen molar-refractivity contribution in [3.63, 3.8) is 0 Å². The molecule has 0 unspecified atom stereocenters. The van der Waals surface area contributed by atoms with Crippen LogP contribution in [0.25, 0.3) is 0 Å². The summed E-state index contributed by atoms with van der Waals surface area (Å²) < 4.78 is 0. The van der Waals surface area contributed by atoms with Crippen LogP contribution in [0.1, 0.15) is 30.0 Å². The van der Waals surface area contributed by atoms with Gasteiger partial charge < -0.3 is 4.90 Å². The van der Waals surface area contributed by atoms with Gasteiger partial charge in [-0.25, -0.2) is 0 Å². The molecule has 0 bridgehead atoms. The third-order valence-electron chi connectivity index (χ3n) is 3.24. The molecule has 1 rings (SSSR count). The number of aryl methyl sites for hydroxylation is 1. The molecule has 0 aliphatic carbocycles. The van der Waals surface area contributed by atoms with E-state index in [2.05, 4.69) is 37.8 Å². The van der Waals surface area contributed by atoms with Gasteiger partial charge in [0.2, 0.25) is 0 Å². The lowest BCUT2D eigenvalue weighted by molar-refractivity contribution is -0.116. The van der Waals surface area contributed by atoms with E-state index in [0.717, 1.165) is 6.54 Å². The van der Waals surface area contributed by atoms with Crippen molar-refractivity contribution in [2.75, 3.05) is 18.5 Å². The van der Waals surface area contributed by atoms with Gasteiger partial charge in [-0.1, -0.05) is 6.07 Å². The maximum absolute atomic E-state index is 11.0. The van der Waals surface area contributed by atoms with Crippen molar-refractivity contribution in [2.45, 2.75) is 34.1 Å². The van der Waals surface area contributed by atoms with Gasteiger partial charge in [-0.3, -0.25) is 4.79 Å². The van der Waals surface area contributed by atoms with Crippen molar-refractivity contribution in [2.24, 2.45) is 0 Å². The van der Waals surface area contributed by atoms with E-state index in [4.69, 9.17) is 0 Å². The molecule has 0 spiro atoms. The molecule has 1 aromatic carbocycles. The van der Waals surface area contributed by atoms with Crippen molar-refractivity contribution >= 4 is 11.5 Å². The van der Waals surface area contributed by atoms with Gasteiger partial charge in [0, 0.05) is 25.7 Å². The lowest BCUT2D eigenvalue weighted by atomic mass is 10.0. The van der Waals surface area contributed by atoms with E-state index in [9.17, 15) is 4.79 Å². The fourth-order valence-corrected chi connectivity index (χ4v) is 1.80. The normalized spacial score (nSPS) is 10.3. The van der Waals surface area contributed by atoms with Gasteiger partial charge in [0.25, 0.3) is 0 Å². The molecule has 0 aliphatic rings. The first-order valence-corrected chi connectivity index (χ1v) is 5.71. The van der Waals surface area contributed by atoms with Crippen LogP contribution in [0.5, 0.6) is 0 Å². The van der Waals surface area contributed by atoms with Gasteiger partial charge in [0.05, 0.1) is 0 Å². The zero-order valence-electron chi connectivity index (χ0n) is 10.9. The zero-order chi connectivity index (χ0) is 12.3. The van der Waals surface area contributed by atoms with E-state index in [1.165, 1.54) is 22.4 Å². The van der Waals surface area contributed by atoms with Crippen LogP contribution in [0.15, 0.2) is 12.1 Å². The maximum Gasteiger partial charge on any atom is 0.131 e. The number of ketones is 1. The molecule has 0 atom stereocenters. The quantitative estimate of drug-likeness (QED) is 0.775. The summed E-state index contributed by atoms with van der Waals surface area (Å²) in [5, 5.41) is 0. The first-order valence-electron chi connectivity index (χ1n) is 5.71. The van der Waals surface area contributed by atoms with Crippen LogP contribution in [0.3, 0.4) is 0 Å². The average molecular weight is 219 g/mol. The molecular weight excluding hydrogens is 198 g/mol. The lowest BCUT2D eigenvalue weighted by Crippen LogP contribution is -2.21. The van der Waals surface area contributed by atoms with Crippen molar-refractivity contribution < 1.29 is 4.79 Å². The Balaban J connectivity index is 2.87. The highest BCUT2D eigenvalue weighted by Gasteiger charge is 2.08. The van der Waals surface area contributed by atoms with Gasteiger partial charge in [-0.05, 0) is 50.5 Å². The molecule has 2 heteroatoms. The number of carbonyl (C=O) groups excluding carboxylic acids is 1. The van der Waals surface area contributed by atoms with E-state index in [-0.39, 0.29) is 5.78 Å². The Hall–Kier alpha value is -1.31. The maximum atomic E-state index is 11.0. The van der Waals surface area contributed by atoms with E-state index in [1.807, 2.05) is 7.05 Å². The van der Waals surface area contributed by atoms with Crippen molar-refractivity contribution in [1.82, 2.24) is 0 Å². The summed E-state index contributed by atoms with van der Waals surface area (Å²) >= 11 is 0. The lowest BCUT2D eigenvalue weighted by Gasteiger charge is -2.22. The molecule has 0 amide bonds. The van der Waals surface area contributed by atoms with Crippen molar-refractivity contribution in [1.29, 1.82) is 0 Å². The Morgan fingerprint density at radius 2 is 1.81 bits per heavy atom. The van der Waals surface area contributed by atoms with Gasteiger partial charge >= 0.3 is 0 Å². The number of Topliss-reactive ketones (excluding diaryl/α,β-unsaturated/α-hetero) is 1. The Labute approximate surface area is 98.3 Å². The zero-order valence-corrected chi connectivity index (χ0v) is 10.9. The summed E-state index contributed by atoms with van der Waals surface area (Å²) in [4.78, 5) is 13.1. The van der Waals surface area contributed by atoms with Crippen LogP contribution in [-0.4, -0.2) is 19.4 Å². The number of nitrogens with zero attached hydrogens (tertiary/aromatic N) is 1. The van der Waals surface area contributed by atoms with E-state index in [0.29, 0.717) is 6.42 Å². The SMILES string of the molecule is CC(=O)CCN(C)c1ccc(C)c(C)c1C. The second-order valence-corrected chi connectivity index (χ2v) is 4.53. The third-order valence-corrected chi connectivity index (χ3v) is 3.24. The first-order chi connectivity index (χ1) is 7.43. The molecule has 0 saturated carbocycles. The smallest absolute Gasteiger partial charge is 0.131 e. The Bertz CT molecular complexity index is 396. The molecule has 2 nitrogen and oxygen atoms in total. The fourth-order valence-electron chi connectivity index (χ4n) is 1.80. The Kier molecular flexibility index (Phi) is 4.11. The molecule has 0 saturated heterocycles. The molecule has 0 heterocycles. The van der Waals surface area contributed by atoms with Crippen LogP contribution >= 0.6 is 0 Å². The molecule has 88 valence electrons. The van der Waals surface area contributed by atoms with E-state index >= 15 is 0 Å². The highest BCUT2D eigenvalue weighted by Crippen LogP contribution is 2.24. The van der Waals surface area contributed by atoms with E-state index < -0.39 is 0 Å². The first kappa shape index (κ1) is 12.8. The highest BCUT2D eigenvalue weighted by molar-refractivity contribution is 5.76. The molecule has 0 fully saturated rings. The molecule has 0 radical (unpaired) electrons. The predicted octanol–water partition coefficient (Wildman–Crippen LogP) is 3.03. The molecule has 1 aromatic rings. The summed E-state index contributed by atoms with van der Waals surface area (Å²) in [5.41, 5.74) is 5.20. The number of carbonyl (C=O) groups is 1. The van der Waals surface area contributed by atoms with Crippen molar-refractivity contribution in [3.8, 4) is 0 Å². The number of hydrogen-bond acceptors (Lipinski definition) is 2. The minimum atomic E-state index is 0.244. The summed E-state index contributed by atoms with van der Waals surface area (Å²) in [7, 11) is 2.04. The number of hydrogen-bond donors (Lipinski definition) is 0. The van der Waals surface area contributed by atoms with Crippen LogP contribution in [0, 0.1) is 20.8 Å². The van der Waals surface area contributed by atoms with Crippen LogP contribution < -0.4 is 4.90 Å². The van der Waals surface area contributed by atoms with Gasteiger partial charge in [0.1, 0.15) is 5.78 Å². The standard InChI is InChI=1S/C14H21NO/c1-10-6-7-14(13(4)12(10)3)15(5)9-8-11(2)16/h6-7H,8-9H2,1-5H3. The Morgan fingerprint density at radius 3 is 2.38 bits per heavy atom. The molecule has 0 N–H and O–H groups in total. The minimum Gasteiger partial charge on any atom is -0.374 e. The third kappa shape index (κ3) is 2.84. The van der Waals surface area contributed by atoms with Gasteiger partial charge in [-0.2, -0.15) is 0 Å². The monoisotopic (exact) mass is 219 g/mol. The topological polar surface area (TPSA) is 20.3 Å². The summed E-state index contributed by atoms with van der Waals surface area (Å²) in [6.45, 7) is 8.84. The fraction of sp³-hybridized carbons (Fsp3) is 0.500. The predicted molar refractivity (Wildman–Crippen MR) is 69.2 cm³/mol. The summed E-state index contributed by atoms with van der Waals surface area (Å²) in [6, 6.07) is 4.28. The number of rotatable bonds is 4. The van der Waals surface area contributed by atoms with E-state index in [1.54, 1.807) is 6.92 Å². The second-order valence-electron chi connectivity index (χ2n) is 4.53. The largest absolute Gasteiger partial charge is 0.374 e.